The monoisotopic (exact) mass is 504 g/mol. The fourth-order valence-corrected chi connectivity index (χ4v) is 3.66. The van der Waals surface area contributed by atoms with Gasteiger partial charge in [-0.05, 0) is 47.1 Å². The maximum atomic E-state index is 13.6. The molecule has 1 unspecified atom stereocenters. The maximum absolute atomic E-state index is 13.6. The Bertz CT molecular complexity index is 1360. The van der Waals surface area contributed by atoms with Gasteiger partial charge in [0.15, 0.2) is 0 Å². The van der Waals surface area contributed by atoms with E-state index < -0.39 is 28.7 Å². The Morgan fingerprint density at radius 3 is 2.50 bits per heavy atom. The Hall–Kier alpha value is -3.47. The van der Waals surface area contributed by atoms with E-state index in [9.17, 15) is 18.0 Å². The molecule has 3 N–H and O–H groups in total. The van der Waals surface area contributed by atoms with E-state index in [1.807, 2.05) is 0 Å². The summed E-state index contributed by atoms with van der Waals surface area (Å²) in [6.07, 6.45) is -3.24. The summed E-state index contributed by atoms with van der Waals surface area (Å²) in [5, 5.41) is 2.60. The van der Waals surface area contributed by atoms with Gasteiger partial charge in [-0.15, -0.1) is 0 Å². The van der Waals surface area contributed by atoms with E-state index in [0.717, 1.165) is 6.07 Å². The molecule has 0 aliphatic rings. The average Bonchev–Trinajstić information content (AvgIpc) is 2.75. The highest BCUT2D eigenvalue weighted by molar-refractivity contribution is 9.10. The van der Waals surface area contributed by atoms with E-state index in [1.165, 1.54) is 22.9 Å². The van der Waals surface area contributed by atoms with Gasteiger partial charge >= 0.3 is 6.18 Å². The number of alkyl halides is 3. The molecule has 2 aromatic heterocycles. The van der Waals surface area contributed by atoms with Crippen molar-refractivity contribution in [2.45, 2.75) is 19.1 Å². The number of nitrogens with zero attached hydrogens (tertiary/aromatic N) is 4. The van der Waals surface area contributed by atoms with Gasteiger partial charge in [-0.3, -0.25) is 9.36 Å². The number of fused-ring (bicyclic) bond motifs is 1. The molecule has 7 nitrogen and oxygen atoms in total. The summed E-state index contributed by atoms with van der Waals surface area (Å²) in [5.41, 5.74) is 4.14. The number of anilines is 2. The molecule has 4 aromatic rings. The Balaban J connectivity index is 1.98. The summed E-state index contributed by atoms with van der Waals surface area (Å²) in [7, 11) is 0. The highest BCUT2D eigenvalue weighted by Crippen LogP contribution is 2.34. The molecule has 4 rings (SSSR count). The molecule has 0 radical (unpaired) electrons. The number of aromatic nitrogens is 4. The van der Waals surface area contributed by atoms with Crippen LogP contribution in [0.4, 0.5) is 24.9 Å². The number of nitrogens with one attached hydrogen (secondary N) is 1. The second kappa shape index (κ2) is 8.23. The van der Waals surface area contributed by atoms with Crippen LogP contribution in [-0.2, 0) is 6.18 Å². The molecule has 1 atom stereocenters. The number of halogens is 4. The van der Waals surface area contributed by atoms with Crippen molar-refractivity contribution >= 4 is 38.6 Å². The minimum Gasteiger partial charge on any atom is -0.368 e. The molecule has 0 bridgehead atoms. The highest BCUT2D eigenvalue weighted by Gasteiger charge is 2.34. The normalized spacial score (nSPS) is 12.7. The third-order valence-corrected chi connectivity index (χ3v) is 5.33. The van der Waals surface area contributed by atoms with Crippen molar-refractivity contribution in [2.75, 3.05) is 11.1 Å². The Kier molecular flexibility index (Phi) is 5.59. The standard InChI is InChI=1S/C21H16BrF3N6O/c1-11(28-17-14(22)10-27-20(26)30-17)18-29-15-9-5-8-13(21(23,24)25)16(15)19(32)31(18)12-6-3-2-4-7-12/h2-11H,1H3,(H3,26,27,28,30). The zero-order valence-electron chi connectivity index (χ0n) is 16.6. The van der Waals surface area contributed by atoms with Crippen LogP contribution < -0.4 is 16.6 Å². The summed E-state index contributed by atoms with van der Waals surface area (Å²) in [6, 6.07) is 11.2. The lowest BCUT2D eigenvalue weighted by atomic mass is 10.1. The summed E-state index contributed by atoms with van der Waals surface area (Å²) >= 11 is 3.32. The lowest BCUT2D eigenvalue weighted by Gasteiger charge is -2.21. The van der Waals surface area contributed by atoms with Gasteiger partial charge in [-0.2, -0.15) is 18.2 Å². The van der Waals surface area contributed by atoms with Crippen molar-refractivity contribution in [2.24, 2.45) is 0 Å². The van der Waals surface area contributed by atoms with Crippen LogP contribution in [0.1, 0.15) is 24.4 Å². The smallest absolute Gasteiger partial charge is 0.368 e. The van der Waals surface area contributed by atoms with Crippen LogP contribution in [0.5, 0.6) is 0 Å². The number of benzene rings is 2. The molecule has 0 aliphatic carbocycles. The average molecular weight is 505 g/mol. The second-order valence-corrected chi connectivity index (χ2v) is 7.79. The van der Waals surface area contributed by atoms with Crippen molar-refractivity contribution in [3.05, 3.63) is 80.9 Å². The molecule has 2 aromatic carbocycles. The lowest BCUT2D eigenvalue weighted by Crippen LogP contribution is -2.29. The number of hydrogen-bond donors (Lipinski definition) is 2. The first-order valence-electron chi connectivity index (χ1n) is 9.39. The maximum Gasteiger partial charge on any atom is 0.417 e. The Labute approximate surface area is 188 Å². The van der Waals surface area contributed by atoms with E-state index in [-0.39, 0.29) is 17.3 Å². The Morgan fingerprint density at radius 2 is 1.81 bits per heavy atom. The summed E-state index contributed by atoms with van der Waals surface area (Å²) in [5.74, 6) is 0.588. The third-order valence-electron chi connectivity index (χ3n) is 4.75. The predicted molar refractivity (Wildman–Crippen MR) is 119 cm³/mol. The molecule has 11 heteroatoms. The SMILES string of the molecule is CC(Nc1nc(N)ncc1Br)c1nc2cccc(C(F)(F)F)c2c(=O)n1-c1ccccc1. The third kappa shape index (κ3) is 4.03. The topological polar surface area (TPSA) is 98.7 Å². The van der Waals surface area contributed by atoms with E-state index in [4.69, 9.17) is 5.73 Å². The molecule has 0 amide bonds. The molecule has 0 spiro atoms. The van der Waals surface area contributed by atoms with Gasteiger partial charge < -0.3 is 11.1 Å². The van der Waals surface area contributed by atoms with E-state index >= 15 is 0 Å². The van der Waals surface area contributed by atoms with Gasteiger partial charge in [0.05, 0.1) is 32.7 Å². The Morgan fingerprint density at radius 1 is 1.09 bits per heavy atom. The van der Waals surface area contributed by atoms with Crippen LogP contribution in [0.2, 0.25) is 0 Å². The van der Waals surface area contributed by atoms with Gasteiger partial charge in [0.1, 0.15) is 11.6 Å². The molecule has 2 heterocycles. The largest absolute Gasteiger partial charge is 0.417 e. The molecule has 0 saturated heterocycles. The fraction of sp³-hybridized carbons (Fsp3) is 0.143. The lowest BCUT2D eigenvalue weighted by molar-refractivity contribution is -0.136. The summed E-state index contributed by atoms with van der Waals surface area (Å²) in [6.45, 7) is 1.71. The molecule has 0 fully saturated rings. The van der Waals surface area contributed by atoms with Gasteiger partial charge in [0.25, 0.3) is 5.56 Å². The van der Waals surface area contributed by atoms with Crippen molar-refractivity contribution in [1.29, 1.82) is 0 Å². The highest BCUT2D eigenvalue weighted by atomic mass is 79.9. The van der Waals surface area contributed by atoms with Crippen LogP contribution in [0.3, 0.4) is 0 Å². The van der Waals surface area contributed by atoms with Crippen LogP contribution in [0, 0.1) is 0 Å². The quantitative estimate of drug-likeness (QED) is 0.417. The summed E-state index contributed by atoms with van der Waals surface area (Å²) in [4.78, 5) is 25.9. The van der Waals surface area contributed by atoms with E-state index in [0.29, 0.717) is 16.0 Å². The number of para-hydroxylation sites is 1. The zero-order valence-corrected chi connectivity index (χ0v) is 18.1. The minimum absolute atomic E-state index is 0.0321. The molecular weight excluding hydrogens is 489 g/mol. The first-order chi connectivity index (χ1) is 15.2. The van der Waals surface area contributed by atoms with E-state index in [2.05, 4.69) is 36.2 Å². The molecule has 164 valence electrons. The number of hydrogen-bond acceptors (Lipinski definition) is 6. The first-order valence-corrected chi connectivity index (χ1v) is 10.2. The predicted octanol–water partition coefficient (Wildman–Crippen LogP) is 4.71. The van der Waals surface area contributed by atoms with Gasteiger partial charge in [-0.25, -0.2) is 9.97 Å². The first kappa shape index (κ1) is 21.8. The molecular formula is C21H16BrF3N6O. The van der Waals surface area contributed by atoms with Gasteiger partial charge in [-0.1, -0.05) is 24.3 Å². The number of nitrogen functional groups attached to an aromatic ring is 1. The number of nitrogens with two attached hydrogens (primary N) is 1. The second-order valence-electron chi connectivity index (χ2n) is 6.93. The molecule has 32 heavy (non-hydrogen) atoms. The molecule has 0 aliphatic heterocycles. The van der Waals surface area contributed by atoms with Crippen LogP contribution >= 0.6 is 15.9 Å². The zero-order chi connectivity index (χ0) is 23.0. The van der Waals surface area contributed by atoms with Crippen molar-refractivity contribution in [3.8, 4) is 5.69 Å². The van der Waals surface area contributed by atoms with Crippen LogP contribution in [0.25, 0.3) is 16.6 Å². The summed E-state index contributed by atoms with van der Waals surface area (Å²) < 4.78 is 42.6. The van der Waals surface area contributed by atoms with Crippen molar-refractivity contribution in [3.63, 3.8) is 0 Å². The van der Waals surface area contributed by atoms with Gasteiger partial charge in [0, 0.05) is 6.20 Å². The van der Waals surface area contributed by atoms with Gasteiger partial charge in [0.2, 0.25) is 5.95 Å². The van der Waals surface area contributed by atoms with Crippen molar-refractivity contribution < 1.29 is 13.2 Å². The fourth-order valence-electron chi connectivity index (χ4n) is 3.35. The van der Waals surface area contributed by atoms with Crippen LogP contribution in [-0.4, -0.2) is 19.5 Å². The van der Waals surface area contributed by atoms with Crippen LogP contribution in [0.15, 0.2) is 64.0 Å². The number of rotatable bonds is 4. The molecule has 0 saturated carbocycles. The van der Waals surface area contributed by atoms with Crippen molar-refractivity contribution in [1.82, 2.24) is 19.5 Å². The minimum atomic E-state index is -4.70. The van der Waals surface area contributed by atoms with E-state index in [1.54, 1.807) is 37.3 Å².